The predicted octanol–water partition coefficient (Wildman–Crippen LogP) is 0.892. The number of nitrogens with one attached hydrogen (secondary N) is 1. The molecule has 66 valence electrons. The van der Waals surface area contributed by atoms with E-state index in [2.05, 4.69) is 10.3 Å². The molecular formula is C10H10N2O. The Labute approximate surface area is 77.2 Å². The summed E-state index contributed by atoms with van der Waals surface area (Å²) in [6, 6.07) is 3.60. The molecule has 1 heterocycles. The molecule has 0 unspecified atom stereocenters. The van der Waals surface area contributed by atoms with E-state index in [1.165, 1.54) is 0 Å². The van der Waals surface area contributed by atoms with Crippen LogP contribution >= 0.6 is 0 Å². The molecule has 1 amide bonds. The van der Waals surface area contributed by atoms with Crippen molar-refractivity contribution in [2.75, 3.05) is 0 Å². The summed E-state index contributed by atoms with van der Waals surface area (Å²) in [4.78, 5) is 14.8. The first-order chi connectivity index (χ1) is 6.24. The Hall–Kier alpha value is -1.82. The number of aromatic nitrogens is 1. The Balaban J connectivity index is 2.65. The van der Waals surface area contributed by atoms with Gasteiger partial charge in [0.2, 0.25) is 0 Å². The lowest BCUT2D eigenvalue weighted by molar-refractivity contribution is -0.116. The van der Waals surface area contributed by atoms with Crippen molar-refractivity contribution in [1.82, 2.24) is 10.3 Å². The molecule has 0 aliphatic carbocycles. The molecule has 0 saturated heterocycles. The lowest BCUT2D eigenvalue weighted by Crippen LogP contribution is -2.24. The largest absolute Gasteiger partial charge is 0.339 e. The summed E-state index contributed by atoms with van der Waals surface area (Å²) in [5.41, 5.74) is 0.936. The lowest BCUT2D eigenvalue weighted by Gasteiger charge is -2.10. The second-order valence-electron chi connectivity index (χ2n) is 2.63. The third-order valence-electron chi connectivity index (χ3n) is 1.66. The summed E-state index contributed by atoms with van der Waals surface area (Å²) in [7, 11) is 0. The molecule has 0 bridgehead atoms. The van der Waals surface area contributed by atoms with Gasteiger partial charge in [0.15, 0.2) is 0 Å². The minimum Gasteiger partial charge on any atom is -0.339 e. The van der Waals surface area contributed by atoms with Crippen LogP contribution < -0.4 is 5.32 Å². The number of hydrogen-bond acceptors (Lipinski definition) is 2. The molecule has 3 nitrogen and oxygen atoms in total. The third kappa shape index (κ3) is 2.60. The molecule has 1 N–H and O–H groups in total. The van der Waals surface area contributed by atoms with Crippen molar-refractivity contribution in [3.8, 4) is 12.3 Å². The highest BCUT2D eigenvalue weighted by Gasteiger charge is 2.06. The van der Waals surface area contributed by atoms with E-state index in [9.17, 15) is 4.79 Å². The molecule has 1 aromatic rings. The molecule has 1 atom stereocenters. The first-order valence-corrected chi connectivity index (χ1v) is 3.91. The highest BCUT2D eigenvalue weighted by Crippen LogP contribution is 2.08. The van der Waals surface area contributed by atoms with Crippen LogP contribution in [0.15, 0.2) is 24.5 Å². The van der Waals surface area contributed by atoms with Crippen LogP contribution in [-0.2, 0) is 4.79 Å². The molecule has 0 aliphatic heterocycles. The fourth-order valence-electron chi connectivity index (χ4n) is 0.954. The normalized spacial score (nSPS) is 11.4. The molecule has 1 aromatic heterocycles. The van der Waals surface area contributed by atoms with E-state index >= 15 is 0 Å². The Bertz CT molecular complexity index is 327. The molecule has 0 radical (unpaired) electrons. The maximum atomic E-state index is 10.8. The monoisotopic (exact) mass is 174 g/mol. The molecule has 0 fully saturated rings. The highest BCUT2D eigenvalue weighted by molar-refractivity contribution is 5.93. The van der Waals surface area contributed by atoms with Gasteiger partial charge in [0.25, 0.3) is 5.91 Å². The Morgan fingerprint density at radius 2 is 2.54 bits per heavy atom. The second-order valence-corrected chi connectivity index (χ2v) is 2.63. The van der Waals surface area contributed by atoms with Crippen molar-refractivity contribution in [1.29, 1.82) is 0 Å². The van der Waals surface area contributed by atoms with Crippen LogP contribution in [0.5, 0.6) is 0 Å². The second kappa shape index (κ2) is 4.27. The SMILES string of the molecule is C#CC(=O)N[C@H](C)c1cccnc1. The van der Waals surface area contributed by atoms with E-state index in [0.717, 1.165) is 5.56 Å². The van der Waals surface area contributed by atoms with Gasteiger partial charge in [-0.1, -0.05) is 6.07 Å². The number of carbonyl (C=O) groups is 1. The number of rotatable bonds is 2. The molecule has 3 heteroatoms. The molecule has 13 heavy (non-hydrogen) atoms. The van der Waals surface area contributed by atoms with E-state index in [-0.39, 0.29) is 6.04 Å². The van der Waals surface area contributed by atoms with Crippen LogP contribution in [0.3, 0.4) is 0 Å². The van der Waals surface area contributed by atoms with E-state index in [4.69, 9.17) is 6.42 Å². The molecular weight excluding hydrogens is 164 g/mol. The number of terminal acetylenes is 1. The van der Waals surface area contributed by atoms with E-state index < -0.39 is 5.91 Å². The maximum Gasteiger partial charge on any atom is 0.296 e. The van der Waals surface area contributed by atoms with Gasteiger partial charge < -0.3 is 5.32 Å². The number of carbonyl (C=O) groups excluding carboxylic acids is 1. The quantitative estimate of drug-likeness (QED) is 0.676. The average Bonchev–Trinajstić information content (AvgIpc) is 2.19. The zero-order chi connectivity index (χ0) is 9.68. The van der Waals surface area contributed by atoms with Gasteiger partial charge in [0, 0.05) is 12.4 Å². The number of amides is 1. The summed E-state index contributed by atoms with van der Waals surface area (Å²) in [5.74, 6) is 1.59. The van der Waals surface area contributed by atoms with Crippen LogP contribution in [-0.4, -0.2) is 10.9 Å². The molecule has 1 rings (SSSR count). The van der Waals surface area contributed by atoms with Crippen molar-refractivity contribution in [3.05, 3.63) is 30.1 Å². The van der Waals surface area contributed by atoms with Gasteiger partial charge in [-0.2, -0.15) is 0 Å². The smallest absolute Gasteiger partial charge is 0.296 e. The minimum atomic E-state index is -0.406. The standard InChI is InChI=1S/C10H10N2O/c1-3-10(13)12-8(2)9-5-4-6-11-7-9/h1,4-8H,2H3,(H,12,13)/t8-/m1/s1. The van der Waals surface area contributed by atoms with Crippen LogP contribution in [0.2, 0.25) is 0 Å². The highest BCUT2D eigenvalue weighted by atomic mass is 16.1. The summed E-state index contributed by atoms with van der Waals surface area (Å²) < 4.78 is 0. The summed E-state index contributed by atoms with van der Waals surface area (Å²) in [5, 5.41) is 2.63. The van der Waals surface area contributed by atoms with Crippen molar-refractivity contribution < 1.29 is 4.79 Å². The van der Waals surface area contributed by atoms with Gasteiger partial charge in [-0.15, -0.1) is 6.42 Å². The fourth-order valence-corrected chi connectivity index (χ4v) is 0.954. The Morgan fingerprint density at radius 3 is 3.08 bits per heavy atom. The molecule has 0 saturated carbocycles. The van der Waals surface area contributed by atoms with Gasteiger partial charge in [-0.25, -0.2) is 0 Å². The molecule has 0 aromatic carbocycles. The summed E-state index contributed by atoms with van der Waals surface area (Å²) in [6.07, 6.45) is 8.30. The average molecular weight is 174 g/mol. The zero-order valence-corrected chi connectivity index (χ0v) is 7.32. The topological polar surface area (TPSA) is 42.0 Å². The van der Waals surface area contributed by atoms with Gasteiger partial charge in [0.1, 0.15) is 0 Å². The van der Waals surface area contributed by atoms with E-state index in [1.807, 2.05) is 25.0 Å². The van der Waals surface area contributed by atoms with Crippen molar-refractivity contribution >= 4 is 5.91 Å². The van der Waals surface area contributed by atoms with Crippen molar-refractivity contribution in [2.24, 2.45) is 0 Å². The minimum absolute atomic E-state index is 0.0998. The van der Waals surface area contributed by atoms with Gasteiger partial charge in [0.05, 0.1) is 6.04 Å². The third-order valence-corrected chi connectivity index (χ3v) is 1.66. The van der Waals surface area contributed by atoms with Crippen LogP contribution in [0.1, 0.15) is 18.5 Å². The first kappa shape index (κ1) is 9.27. The number of nitrogens with zero attached hydrogens (tertiary/aromatic N) is 1. The van der Waals surface area contributed by atoms with Crippen molar-refractivity contribution in [2.45, 2.75) is 13.0 Å². The van der Waals surface area contributed by atoms with Crippen LogP contribution in [0.4, 0.5) is 0 Å². The first-order valence-electron chi connectivity index (χ1n) is 3.91. The van der Waals surface area contributed by atoms with Crippen LogP contribution in [0.25, 0.3) is 0 Å². The van der Waals surface area contributed by atoms with Gasteiger partial charge in [-0.05, 0) is 24.5 Å². The fraction of sp³-hybridized carbons (Fsp3) is 0.200. The van der Waals surface area contributed by atoms with E-state index in [1.54, 1.807) is 12.4 Å². The predicted molar refractivity (Wildman–Crippen MR) is 49.6 cm³/mol. The van der Waals surface area contributed by atoms with E-state index in [0.29, 0.717) is 0 Å². The maximum absolute atomic E-state index is 10.8. The lowest BCUT2D eigenvalue weighted by atomic mass is 10.1. The van der Waals surface area contributed by atoms with Crippen molar-refractivity contribution in [3.63, 3.8) is 0 Å². The molecule has 0 spiro atoms. The summed E-state index contributed by atoms with van der Waals surface area (Å²) in [6.45, 7) is 1.85. The number of pyridine rings is 1. The zero-order valence-electron chi connectivity index (χ0n) is 7.32. The summed E-state index contributed by atoms with van der Waals surface area (Å²) >= 11 is 0. The Kier molecular flexibility index (Phi) is 3.04. The Morgan fingerprint density at radius 1 is 1.77 bits per heavy atom. The van der Waals surface area contributed by atoms with Gasteiger partial charge in [-0.3, -0.25) is 9.78 Å². The van der Waals surface area contributed by atoms with Crippen LogP contribution in [0, 0.1) is 12.3 Å². The number of hydrogen-bond donors (Lipinski definition) is 1. The van der Waals surface area contributed by atoms with Gasteiger partial charge >= 0.3 is 0 Å². The molecule has 0 aliphatic rings.